The molecule has 0 amide bonds. The molecule has 1 heterocycles. The van der Waals surface area contributed by atoms with E-state index in [4.69, 9.17) is 16.3 Å². The lowest BCUT2D eigenvalue weighted by Gasteiger charge is -2.14. The van der Waals surface area contributed by atoms with Crippen LogP contribution < -0.4 is 0 Å². The van der Waals surface area contributed by atoms with Gasteiger partial charge in [0, 0.05) is 6.61 Å². The van der Waals surface area contributed by atoms with E-state index in [0.29, 0.717) is 11.7 Å². The number of ether oxygens (including phenoxy) is 1. The Morgan fingerprint density at radius 2 is 2.35 bits per heavy atom. The first-order valence-electron chi connectivity index (χ1n) is 6.18. The molecule has 0 spiro atoms. The summed E-state index contributed by atoms with van der Waals surface area (Å²) in [6, 6.07) is 5.10. The lowest BCUT2D eigenvalue weighted by atomic mass is 10.0. The van der Waals surface area contributed by atoms with Crippen LogP contribution in [0.1, 0.15) is 42.2 Å². The smallest absolute Gasteiger partial charge is 0.126 e. The van der Waals surface area contributed by atoms with Gasteiger partial charge in [0.15, 0.2) is 0 Å². The highest BCUT2D eigenvalue weighted by Gasteiger charge is 2.18. The molecule has 3 heteroatoms. The lowest BCUT2D eigenvalue weighted by molar-refractivity contribution is 0.102. The molecule has 0 bridgehead atoms. The normalized spacial score (nSPS) is 21.7. The monoisotopic (exact) mass is 256 g/mol. The molecule has 0 aliphatic carbocycles. The molecule has 2 unspecified atom stereocenters. The first-order valence-corrected chi connectivity index (χ1v) is 6.62. The average molecular weight is 257 g/mol. The molecule has 2 atom stereocenters. The summed E-state index contributed by atoms with van der Waals surface area (Å²) >= 11 is 6.33. The predicted octanol–water partition coefficient (Wildman–Crippen LogP) is 4.37. The molecule has 0 radical (unpaired) electrons. The predicted molar refractivity (Wildman–Crippen MR) is 67.9 cm³/mol. The van der Waals surface area contributed by atoms with Crippen LogP contribution in [0, 0.1) is 12.7 Å². The molecular formula is C14H18ClFO. The molecule has 0 saturated carbocycles. The van der Waals surface area contributed by atoms with E-state index >= 15 is 0 Å². The Bertz CT molecular complexity index is 374. The van der Waals surface area contributed by atoms with Gasteiger partial charge in [-0.15, -0.1) is 11.6 Å². The van der Waals surface area contributed by atoms with Gasteiger partial charge in [0.05, 0.1) is 11.5 Å². The van der Waals surface area contributed by atoms with Crippen molar-refractivity contribution in [2.75, 3.05) is 6.61 Å². The van der Waals surface area contributed by atoms with Gasteiger partial charge >= 0.3 is 0 Å². The number of benzene rings is 1. The van der Waals surface area contributed by atoms with E-state index in [-0.39, 0.29) is 11.2 Å². The van der Waals surface area contributed by atoms with Gasteiger partial charge in [-0.05, 0) is 49.8 Å². The second kappa shape index (κ2) is 5.83. The number of aryl methyl sites for hydroxylation is 1. The van der Waals surface area contributed by atoms with Gasteiger partial charge in [-0.1, -0.05) is 12.1 Å². The van der Waals surface area contributed by atoms with Crippen LogP contribution in [-0.2, 0) is 4.74 Å². The molecule has 2 rings (SSSR count). The van der Waals surface area contributed by atoms with Crippen LogP contribution in [0.15, 0.2) is 18.2 Å². The summed E-state index contributed by atoms with van der Waals surface area (Å²) in [6.07, 6.45) is 4.55. The van der Waals surface area contributed by atoms with E-state index in [9.17, 15) is 4.39 Å². The van der Waals surface area contributed by atoms with E-state index in [0.717, 1.165) is 37.9 Å². The molecule has 0 aromatic heterocycles. The molecule has 0 N–H and O–H groups in total. The number of halogens is 2. The maximum Gasteiger partial charge on any atom is 0.126 e. The van der Waals surface area contributed by atoms with Gasteiger partial charge in [0.2, 0.25) is 0 Å². The zero-order chi connectivity index (χ0) is 12.3. The van der Waals surface area contributed by atoms with E-state index in [1.165, 1.54) is 6.07 Å². The number of hydrogen-bond acceptors (Lipinski definition) is 1. The van der Waals surface area contributed by atoms with Gasteiger partial charge in [0.1, 0.15) is 5.82 Å². The van der Waals surface area contributed by atoms with Crippen LogP contribution in [-0.4, -0.2) is 12.7 Å². The highest BCUT2D eigenvalue weighted by molar-refractivity contribution is 6.20. The molecule has 1 nitrogen and oxygen atoms in total. The second-order valence-electron chi connectivity index (χ2n) is 4.69. The van der Waals surface area contributed by atoms with E-state index in [1.54, 1.807) is 13.0 Å². The Balaban J connectivity index is 1.89. The summed E-state index contributed by atoms with van der Waals surface area (Å²) in [5.74, 6) is -0.170. The molecular weight excluding hydrogens is 239 g/mol. The van der Waals surface area contributed by atoms with Crippen molar-refractivity contribution in [2.24, 2.45) is 0 Å². The van der Waals surface area contributed by atoms with Crippen molar-refractivity contribution in [3.05, 3.63) is 35.1 Å². The second-order valence-corrected chi connectivity index (χ2v) is 5.22. The third kappa shape index (κ3) is 3.43. The zero-order valence-corrected chi connectivity index (χ0v) is 10.8. The van der Waals surface area contributed by atoms with Crippen LogP contribution in [0.5, 0.6) is 0 Å². The molecule has 1 fully saturated rings. The Hall–Kier alpha value is -0.600. The fraction of sp³-hybridized carbons (Fsp3) is 0.571. The standard InChI is InChI=1S/C14H18ClFO/c1-10-9-11(4-7-14(10)16)13(15)6-5-12-3-2-8-17-12/h4,7,9,12-13H,2-3,5-6,8H2,1H3. The maximum absolute atomic E-state index is 13.1. The molecule has 1 aromatic rings. The first kappa shape index (κ1) is 12.8. The van der Waals surface area contributed by atoms with Gasteiger partial charge in [-0.25, -0.2) is 4.39 Å². The van der Waals surface area contributed by atoms with E-state index < -0.39 is 0 Å². The minimum atomic E-state index is -0.170. The number of hydrogen-bond donors (Lipinski definition) is 0. The minimum absolute atomic E-state index is 0.0431. The Kier molecular flexibility index (Phi) is 4.41. The topological polar surface area (TPSA) is 9.23 Å². The van der Waals surface area contributed by atoms with Gasteiger partial charge in [0.25, 0.3) is 0 Å². The van der Waals surface area contributed by atoms with Crippen molar-refractivity contribution in [3.63, 3.8) is 0 Å². The minimum Gasteiger partial charge on any atom is -0.378 e. The van der Waals surface area contributed by atoms with Crippen molar-refractivity contribution in [2.45, 2.75) is 44.1 Å². The van der Waals surface area contributed by atoms with Gasteiger partial charge < -0.3 is 4.74 Å². The maximum atomic E-state index is 13.1. The third-order valence-electron chi connectivity index (χ3n) is 3.31. The largest absolute Gasteiger partial charge is 0.378 e. The third-order valence-corrected chi connectivity index (χ3v) is 3.78. The number of rotatable bonds is 4. The zero-order valence-electron chi connectivity index (χ0n) is 10.1. The fourth-order valence-corrected chi connectivity index (χ4v) is 2.50. The SMILES string of the molecule is Cc1cc(C(Cl)CCC2CCCO2)ccc1F. The summed E-state index contributed by atoms with van der Waals surface area (Å²) in [7, 11) is 0. The molecule has 1 aliphatic heterocycles. The summed E-state index contributed by atoms with van der Waals surface area (Å²) < 4.78 is 18.7. The molecule has 1 saturated heterocycles. The molecule has 94 valence electrons. The van der Waals surface area contributed by atoms with Crippen LogP contribution in [0.3, 0.4) is 0 Å². The molecule has 17 heavy (non-hydrogen) atoms. The Morgan fingerprint density at radius 1 is 1.53 bits per heavy atom. The van der Waals surface area contributed by atoms with Crippen molar-refractivity contribution in [3.8, 4) is 0 Å². The van der Waals surface area contributed by atoms with Gasteiger partial charge in [-0.2, -0.15) is 0 Å². The summed E-state index contributed by atoms with van der Waals surface area (Å²) in [5.41, 5.74) is 1.66. The highest BCUT2D eigenvalue weighted by Crippen LogP contribution is 2.29. The fourth-order valence-electron chi connectivity index (χ4n) is 2.23. The molecule has 1 aliphatic rings. The Labute approximate surface area is 107 Å². The van der Waals surface area contributed by atoms with Crippen molar-refractivity contribution >= 4 is 11.6 Å². The van der Waals surface area contributed by atoms with Crippen LogP contribution in [0.25, 0.3) is 0 Å². The van der Waals surface area contributed by atoms with Crippen LogP contribution >= 0.6 is 11.6 Å². The first-order chi connectivity index (χ1) is 8.16. The van der Waals surface area contributed by atoms with Crippen LogP contribution in [0.4, 0.5) is 4.39 Å². The van der Waals surface area contributed by atoms with E-state index in [1.807, 2.05) is 6.07 Å². The van der Waals surface area contributed by atoms with Crippen molar-refractivity contribution in [1.82, 2.24) is 0 Å². The van der Waals surface area contributed by atoms with Crippen molar-refractivity contribution in [1.29, 1.82) is 0 Å². The average Bonchev–Trinajstić information content (AvgIpc) is 2.82. The summed E-state index contributed by atoms with van der Waals surface area (Å²) in [5, 5.41) is -0.0431. The summed E-state index contributed by atoms with van der Waals surface area (Å²) in [4.78, 5) is 0. The lowest BCUT2D eigenvalue weighted by Crippen LogP contribution is -2.06. The molecule has 1 aromatic carbocycles. The van der Waals surface area contributed by atoms with Crippen molar-refractivity contribution < 1.29 is 9.13 Å². The van der Waals surface area contributed by atoms with Gasteiger partial charge in [-0.3, -0.25) is 0 Å². The summed E-state index contributed by atoms with van der Waals surface area (Å²) in [6.45, 7) is 2.65. The van der Waals surface area contributed by atoms with Crippen LogP contribution in [0.2, 0.25) is 0 Å². The Morgan fingerprint density at radius 3 is 3.00 bits per heavy atom. The number of alkyl halides is 1. The van der Waals surface area contributed by atoms with E-state index in [2.05, 4.69) is 0 Å². The quantitative estimate of drug-likeness (QED) is 0.727. The highest BCUT2D eigenvalue weighted by atomic mass is 35.5.